The maximum absolute atomic E-state index is 13.6. The lowest BCUT2D eigenvalue weighted by Gasteiger charge is -2.41. The fourth-order valence-corrected chi connectivity index (χ4v) is 7.83. The third kappa shape index (κ3) is 7.09. The number of nitrogen functional groups attached to an aromatic ring is 1. The summed E-state index contributed by atoms with van der Waals surface area (Å²) in [6, 6.07) is -0.860. The molecule has 3 aliphatic rings. The van der Waals surface area contributed by atoms with E-state index in [9.17, 15) is 54.0 Å². The molecule has 0 spiro atoms. The number of phenols is 2. The highest BCUT2D eigenvalue weighted by atomic mass is 35.5. The molecule has 1 aromatic carbocycles. The highest BCUT2D eigenvalue weighted by molar-refractivity contribution is 8.02. The molecular formula is C29H30ClN9O12S2. The van der Waals surface area contributed by atoms with Crippen molar-refractivity contribution in [2.45, 2.75) is 48.7 Å². The summed E-state index contributed by atoms with van der Waals surface area (Å²) in [4.78, 5) is 98.7. The third-order valence-electron chi connectivity index (χ3n) is 8.14. The number of nitrogens with one attached hydrogen (secondary N) is 2. The first kappa shape index (κ1) is 38.5. The molecule has 53 heavy (non-hydrogen) atoms. The zero-order valence-electron chi connectivity index (χ0n) is 27.7. The Morgan fingerprint density at radius 1 is 1.19 bits per heavy atom. The van der Waals surface area contributed by atoms with Crippen molar-refractivity contribution in [1.82, 2.24) is 30.4 Å². The lowest BCUT2D eigenvalue weighted by atomic mass is 10.0. The smallest absolute Gasteiger partial charge is 0.350 e. The van der Waals surface area contributed by atoms with Crippen LogP contribution in [0.2, 0.25) is 5.02 Å². The van der Waals surface area contributed by atoms with Gasteiger partial charge < -0.3 is 46.5 Å². The molecule has 8 N–H and O–H groups in total. The van der Waals surface area contributed by atoms with Gasteiger partial charge >= 0.3 is 18.0 Å². The number of hydrogen-bond donors (Lipinski definition) is 7. The number of aliphatic carboxylic acids is 2. The number of aromatic nitrogens is 1. The largest absolute Gasteiger partial charge is 0.504 e. The molecule has 3 aliphatic heterocycles. The quantitative estimate of drug-likeness (QED) is 0.0341. The van der Waals surface area contributed by atoms with E-state index in [1.807, 2.05) is 0 Å². The number of carboxylic acids is 2. The van der Waals surface area contributed by atoms with E-state index in [4.69, 9.17) is 22.2 Å². The number of benzene rings is 1. The van der Waals surface area contributed by atoms with Crippen LogP contribution in [0.3, 0.4) is 0 Å². The van der Waals surface area contributed by atoms with Gasteiger partial charge in [0.15, 0.2) is 22.3 Å². The summed E-state index contributed by atoms with van der Waals surface area (Å²) in [6.45, 7) is 3.05. The number of ketones is 1. The normalized spacial score (nSPS) is 22.8. The minimum absolute atomic E-state index is 0.0574. The molecule has 0 saturated carbocycles. The van der Waals surface area contributed by atoms with Gasteiger partial charge in [-0.05, 0) is 32.9 Å². The lowest BCUT2D eigenvalue weighted by molar-refractivity contribution is -0.161. The average Bonchev–Trinajstić information content (AvgIpc) is 3.77. The van der Waals surface area contributed by atoms with E-state index in [2.05, 4.69) is 25.9 Å². The molecule has 0 bridgehead atoms. The minimum Gasteiger partial charge on any atom is -0.504 e. The zero-order valence-corrected chi connectivity index (χ0v) is 30.1. The van der Waals surface area contributed by atoms with Gasteiger partial charge in [0.25, 0.3) is 17.6 Å². The van der Waals surface area contributed by atoms with E-state index in [1.165, 1.54) is 24.1 Å². The highest BCUT2D eigenvalue weighted by Gasteiger charge is 2.67. The van der Waals surface area contributed by atoms with Crippen molar-refractivity contribution in [3.8, 4) is 11.5 Å². The highest BCUT2D eigenvalue weighted by Crippen LogP contribution is 2.50. The first-order valence-electron chi connectivity index (χ1n) is 15.2. The average molecular weight is 796 g/mol. The molecule has 0 unspecified atom stereocenters. The fourth-order valence-electron chi connectivity index (χ4n) is 5.33. The summed E-state index contributed by atoms with van der Waals surface area (Å²) in [5.74, 6) is -8.13. The number of aromatic hydroxyl groups is 2. The number of carbonyl (C=O) groups excluding carboxylic acids is 5. The predicted molar refractivity (Wildman–Crippen MR) is 185 cm³/mol. The van der Waals surface area contributed by atoms with Gasteiger partial charge in [-0.3, -0.25) is 24.1 Å². The number of hydrogen-bond acceptors (Lipinski definition) is 16. The van der Waals surface area contributed by atoms with Gasteiger partial charge in [-0.25, -0.2) is 24.4 Å². The topological polar surface area (TPSA) is 307 Å². The van der Waals surface area contributed by atoms with Crippen LogP contribution < -0.4 is 16.4 Å². The van der Waals surface area contributed by atoms with Crippen LogP contribution in [0.1, 0.15) is 36.8 Å². The van der Waals surface area contributed by atoms with Gasteiger partial charge in [-0.2, -0.15) is 5.10 Å². The van der Waals surface area contributed by atoms with Crippen LogP contribution in [0.5, 0.6) is 11.5 Å². The lowest BCUT2D eigenvalue weighted by Crippen LogP contribution is -2.68. The molecule has 4 heterocycles. The van der Waals surface area contributed by atoms with Crippen molar-refractivity contribution in [3.63, 3.8) is 0 Å². The van der Waals surface area contributed by atoms with E-state index in [0.29, 0.717) is 0 Å². The Balaban J connectivity index is 1.26. The molecule has 0 radical (unpaired) electrons. The maximum atomic E-state index is 13.6. The van der Waals surface area contributed by atoms with Gasteiger partial charge in [0.1, 0.15) is 17.1 Å². The Morgan fingerprint density at radius 3 is 2.51 bits per heavy atom. The number of nitrogens with two attached hydrogens (primary N) is 1. The number of fused-ring (bicyclic) bond motifs is 1. The van der Waals surface area contributed by atoms with E-state index in [1.54, 1.807) is 6.92 Å². The van der Waals surface area contributed by atoms with Gasteiger partial charge in [0.05, 0.1) is 36.3 Å². The summed E-state index contributed by atoms with van der Waals surface area (Å²) in [5.41, 5.74) is 2.90. The van der Waals surface area contributed by atoms with Gasteiger partial charge in [-0.1, -0.05) is 28.5 Å². The van der Waals surface area contributed by atoms with Crippen LogP contribution >= 0.6 is 34.7 Å². The SMILES string of the molecule is C[C@H]1CN(/N=C/CNC(=O)C(=O)c2ccc(O)c(O)c2Cl)C(=O)N1[C@]1(C(=O)O)CN2C(=O)[C@@H](NC(=O)/C(=N\OC(C)(C)C(=O)O)c3csc(N)n3)[C@H]2S1. The summed E-state index contributed by atoms with van der Waals surface area (Å²) in [6.07, 6.45) is 1.09. The maximum Gasteiger partial charge on any atom is 0.350 e. The molecule has 2 aromatic rings. The van der Waals surface area contributed by atoms with Crippen LogP contribution in [-0.2, 0) is 28.8 Å². The number of thiazole rings is 1. The first-order valence-corrected chi connectivity index (χ1v) is 17.3. The molecule has 21 nitrogen and oxygen atoms in total. The number of carboxylic acid groups (broad SMARTS) is 2. The molecule has 5 rings (SSSR count). The molecule has 3 saturated heterocycles. The Kier molecular flexibility index (Phi) is 10.5. The second-order valence-corrected chi connectivity index (χ2v) is 14.8. The van der Waals surface area contributed by atoms with Crippen LogP contribution in [0.25, 0.3) is 0 Å². The minimum atomic E-state index is -2.01. The summed E-state index contributed by atoms with van der Waals surface area (Å²) < 4.78 is 0. The number of halogens is 1. The van der Waals surface area contributed by atoms with Crippen molar-refractivity contribution in [3.05, 3.63) is 33.8 Å². The molecular weight excluding hydrogens is 766 g/mol. The number of phenolic OH excluding ortho intramolecular Hbond substituents is 2. The Hall–Kier alpha value is -5.68. The number of hydrazone groups is 1. The predicted octanol–water partition coefficient (Wildman–Crippen LogP) is -0.334. The summed E-state index contributed by atoms with van der Waals surface area (Å²) in [5, 5.41) is 52.4. The molecule has 4 atom stereocenters. The molecule has 1 aromatic heterocycles. The van der Waals surface area contributed by atoms with Crippen LogP contribution in [-0.4, -0.2) is 141 Å². The van der Waals surface area contributed by atoms with Crippen LogP contribution in [0.4, 0.5) is 9.93 Å². The molecule has 24 heteroatoms. The Morgan fingerprint density at radius 2 is 1.89 bits per heavy atom. The van der Waals surface area contributed by atoms with Crippen molar-refractivity contribution >= 4 is 93.2 Å². The molecule has 5 amide bonds. The van der Waals surface area contributed by atoms with Crippen molar-refractivity contribution < 1.29 is 58.8 Å². The number of anilines is 1. The monoisotopic (exact) mass is 795 g/mol. The van der Waals surface area contributed by atoms with Crippen molar-refractivity contribution in [2.24, 2.45) is 10.3 Å². The molecule has 282 valence electrons. The van der Waals surface area contributed by atoms with Crippen LogP contribution in [0, 0.1) is 0 Å². The molecule has 0 aliphatic carbocycles. The zero-order chi connectivity index (χ0) is 39.2. The molecule has 3 fully saturated rings. The third-order valence-corrected chi connectivity index (χ3v) is 10.9. The summed E-state index contributed by atoms with van der Waals surface area (Å²) >= 11 is 7.54. The first-order chi connectivity index (χ1) is 24.8. The number of carbonyl (C=O) groups is 7. The summed E-state index contributed by atoms with van der Waals surface area (Å²) in [7, 11) is 0. The van der Waals surface area contributed by atoms with E-state index in [0.717, 1.165) is 51.4 Å². The Labute approximate surface area is 311 Å². The van der Waals surface area contributed by atoms with E-state index >= 15 is 0 Å². The number of nitrogens with zero attached hydrogens (tertiary/aromatic N) is 6. The van der Waals surface area contributed by atoms with E-state index < -0.39 is 98.2 Å². The number of oxime groups is 1. The number of thioether (sulfide) groups is 1. The van der Waals surface area contributed by atoms with Gasteiger partial charge in [0.2, 0.25) is 16.4 Å². The van der Waals surface area contributed by atoms with Gasteiger partial charge in [0, 0.05) is 11.6 Å². The standard InChI is InChI=1S/C29H30ClN9O12S2/c1-11-8-38(33-7-6-32-21(44)18(41)12-4-5-14(40)19(42)15(12)30)27(50)39(11)29(25(48)49)10-37-22(45)17(23(37)53-29)35-20(43)16(13-9-52-26(31)34-13)36-51-28(2,3)24(46)47/h4-5,7,9,11,17,23,40,42H,6,8,10H2,1-3H3,(H2,31,34)(H,32,44)(H,35,43)(H,46,47)(H,48,49)/b33-7+,36-16-/t11-,17+,23+,29+/m0/s1. The number of β-lactam (4-membered cyclic amide) rings is 1. The van der Waals surface area contributed by atoms with E-state index in [-0.39, 0.29) is 29.5 Å². The fraction of sp³-hybridized carbons (Fsp3) is 0.379. The van der Waals surface area contributed by atoms with Crippen molar-refractivity contribution in [2.75, 3.05) is 25.4 Å². The van der Waals surface area contributed by atoms with Crippen molar-refractivity contribution in [1.29, 1.82) is 0 Å². The second-order valence-electron chi connectivity index (χ2n) is 12.1. The number of urea groups is 1. The number of rotatable bonds is 13. The Bertz CT molecular complexity index is 1990. The number of Topliss-reactive ketones (excluding diaryl/α,β-unsaturated/α-hetero) is 1. The number of amides is 5. The van der Waals surface area contributed by atoms with Crippen LogP contribution in [0.15, 0.2) is 27.8 Å². The van der Waals surface area contributed by atoms with Gasteiger partial charge in [-0.15, -0.1) is 11.3 Å². The second kappa shape index (κ2) is 14.4.